The van der Waals surface area contributed by atoms with Gasteiger partial charge in [-0.3, -0.25) is 4.98 Å². The number of hydrogen-bond acceptors (Lipinski definition) is 6. The number of aromatic nitrogens is 2. The van der Waals surface area contributed by atoms with Crippen molar-refractivity contribution in [2.24, 2.45) is 0 Å². The van der Waals surface area contributed by atoms with Crippen LogP contribution in [0.5, 0.6) is 5.88 Å². The summed E-state index contributed by atoms with van der Waals surface area (Å²) in [6, 6.07) is 0.668. The van der Waals surface area contributed by atoms with Crippen molar-refractivity contribution in [3.63, 3.8) is 0 Å². The molecule has 0 aliphatic heterocycles. The van der Waals surface area contributed by atoms with Crippen molar-refractivity contribution in [3.05, 3.63) is 18.1 Å². The van der Waals surface area contributed by atoms with Gasteiger partial charge in [0, 0.05) is 39.1 Å². The van der Waals surface area contributed by atoms with Crippen molar-refractivity contribution in [1.82, 2.24) is 15.3 Å². The van der Waals surface area contributed by atoms with Gasteiger partial charge in [0.25, 0.3) is 0 Å². The monoisotopic (exact) mass is 281 g/mol. The van der Waals surface area contributed by atoms with Crippen LogP contribution in [0, 0.1) is 0 Å². The lowest BCUT2D eigenvalue weighted by molar-refractivity contribution is 0.0794. The number of ether oxygens (including phenoxy) is 3. The van der Waals surface area contributed by atoms with Gasteiger partial charge in [0.15, 0.2) is 0 Å². The normalized spacial score (nSPS) is 14.4. The first kappa shape index (κ1) is 15.2. The minimum absolute atomic E-state index is 0.487. The van der Waals surface area contributed by atoms with Gasteiger partial charge in [-0.05, 0) is 19.3 Å². The highest BCUT2D eigenvalue weighted by atomic mass is 16.5. The molecule has 112 valence electrons. The molecule has 6 nitrogen and oxygen atoms in total. The summed E-state index contributed by atoms with van der Waals surface area (Å²) in [7, 11) is 1.69. The molecule has 0 radical (unpaired) electrons. The average Bonchev–Trinajstić information content (AvgIpc) is 3.29. The second-order valence-corrected chi connectivity index (χ2v) is 4.81. The van der Waals surface area contributed by atoms with Crippen LogP contribution in [0.3, 0.4) is 0 Å². The number of rotatable bonds is 11. The van der Waals surface area contributed by atoms with Crippen molar-refractivity contribution >= 4 is 0 Å². The van der Waals surface area contributed by atoms with E-state index in [1.807, 2.05) is 0 Å². The van der Waals surface area contributed by atoms with E-state index >= 15 is 0 Å². The molecule has 1 fully saturated rings. The van der Waals surface area contributed by atoms with Gasteiger partial charge >= 0.3 is 0 Å². The van der Waals surface area contributed by atoms with E-state index in [0.717, 1.165) is 25.3 Å². The van der Waals surface area contributed by atoms with Gasteiger partial charge < -0.3 is 19.5 Å². The third-order valence-electron chi connectivity index (χ3n) is 2.93. The molecule has 1 aliphatic rings. The highest BCUT2D eigenvalue weighted by molar-refractivity contribution is 5.08. The highest BCUT2D eigenvalue weighted by Crippen LogP contribution is 2.19. The summed E-state index contributed by atoms with van der Waals surface area (Å²) in [5.41, 5.74) is 0.912. The summed E-state index contributed by atoms with van der Waals surface area (Å²) < 4.78 is 15.9. The van der Waals surface area contributed by atoms with Crippen molar-refractivity contribution < 1.29 is 14.2 Å². The number of nitrogens with zero attached hydrogens (tertiary/aromatic N) is 2. The SMILES string of the molecule is COCCCOCCOc1cncc(CNC2CC2)n1. The molecule has 0 unspecified atom stereocenters. The third-order valence-corrected chi connectivity index (χ3v) is 2.93. The van der Waals surface area contributed by atoms with Crippen LogP contribution in [0.15, 0.2) is 12.4 Å². The second-order valence-electron chi connectivity index (χ2n) is 4.81. The molecule has 1 aliphatic carbocycles. The first-order valence-corrected chi connectivity index (χ1v) is 7.12. The summed E-state index contributed by atoms with van der Waals surface area (Å²) in [5.74, 6) is 0.556. The van der Waals surface area contributed by atoms with E-state index in [-0.39, 0.29) is 0 Å². The Morgan fingerprint density at radius 1 is 1.20 bits per heavy atom. The molecule has 0 saturated heterocycles. The lowest BCUT2D eigenvalue weighted by Gasteiger charge is -2.07. The number of nitrogens with one attached hydrogen (secondary N) is 1. The zero-order chi connectivity index (χ0) is 14.0. The van der Waals surface area contributed by atoms with Crippen LogP contribution in [-0.4, -0.2) is 49.5 Å². The van der Waals surface area contributed by atoms with Crippen molar-refractivity contribution in [2.75, 3.05) is 33.5 Å². The van der Waals surface area contributed by atoms with Crippen LogP contribution in [0.25, 0.3) is 0 Å². The number of hydrogen-bond donors (Lipinski definition) is 1. The molecular formula is C14H23N3O3. The average molecular weight is 281 g/mol. The molecule has 1 heterocycles. The molecule has 0 amide bonds. The molecule has 0 spiro atoms. The van der Waals surface area contributed by atoms with Crippen molar-refractivity contribution in [1.29, 1.82) is 0 Å². The Balaban J connectivity index is 1.58. The fourth-order valence-electron chi connectivity index (χ4n) is 1.69. The minimum Gasteiger partial charge on any atom is -0.474 e. The molecule has 1 saturated carbocycles. The van der Waals surface area contributed by atoms with Gasteiger partial charge in [-0.1, -0.05) is 0 Å². The maximum atomic E-state index is 5.52. The Labute approximate surface area is 119 Å². The topological polar surface area (TPSA) is 65.5 Å². The quantitative estimate of drug-likeness (QED) is 0.614. The first-order chi connectivity index (χ1) is 9.88. The van der Waals surface area contributed by atoms with E-state index in [2.05, 4.69) is 15.3 Å². The predicted octanol–water partition coefficient (Wildman–Crippen LogP) is 1.16. The molecule has 0 bridgehead atoms. The second kappa shape index (κ2) is 8.84. The van der Waals surface area contributed by atoms with Gasteiger partial charge in [0.2, 0.25) is 5.88 Å². The smallest absolute Gasteiger partial charge is 0.232 e. The van der Waals surface area contributed by atoms with Crippen LogP contribution in [-0.2, 0) is 16.0 Å². The summed E-state index contributed by atoms with van der Waals surface area (Å²) >= 11 is 0. The van der Waals surface area contributed by atoms with Crippen LogP contribution >= 0.6 is 0 Å². The zero-order valence-corrected chi connectivity index (χ0v) is 12.0. The lowest BCUT2D eigenvalue weighted by Crippen LogP contribution is -2.17. The van der Waals surface area contributed by atoms with Gasteiger partial charge in [0.05, 0.1) is 18.5 Å². The largest absolute Gasteiger partial charge is 0.474 e. The fraction of sp³-hybridized carbons (Fsp3) is 0.714. The van der Waals surface area contributed by atoms with Crippen molar-refractivity contribution in [3.8, 4) is 5.88 Å². The molecule has 0 atom stereocenters. The van der Waals surface area contributed by atoms with Gasteiger partial charge in [-0.2, -0.15) is 0 Å². The summed E-state index contributed by atoms with van der Waals surface area (Å²) in [5, 5.41) is 3.40. The molecule has 6 heteroatoms. The standard InChI is InChI=1S/C14H23N3O3/c1-18-5-2-6-19-7-8-20-14-11-15-9-13(17-14)10-16-12-3-4-12/h9,11-12,16H,2-8,10H2,1H3. The van der Waals surface area contributed by atoms with Gasteiger partial charge in [-0.15, -0.1) is 0 Å². The summed E-state index contributed by atoms with van der Waals surface area (Å²) in [6.45, 7) is 3.20. The van der Waals surface area contributed by atoms with E-state index in [1.165, 1.54) is 12.8 Å². The Bertz CT molecular complexity index is 386. The third kappa shape index (κ3) is 6.27. The predicted molar refractivity (Wildman–Crippen MR) is 74.7 cm³/mol. The van der Waals surface area contributed by atoms with Crippen LogP contribution in [0.4, 0.5) is 0 Å². The molecule has 2 rings (SSSR count). The van der Waals surface area contributed by atoms with E-state index in [0.29, 0.717) is 31.7 Å². The lowest BCUT2D eigenvalue weighted by atomic mass is 10.4. The fourth-order valence-corrected chi connectivity index (χ4v) is 1.69. The molecule has 1 aromatic heterocycles. The maximum absolute atomic E-state index is 5.52. The van der Waals surface area contributed by atoms with Gasteiger partial charge in [-0.25, -0.2) is 4.98 Å². The molecule has 0 aromatic carbocycles. The maximum Gasteiger partial charge on any atom is 0.232 e. The van der Waals surface area contributed by atoms with Gasteiger partial charge in [0.1, 0.15) is 6.61 Å². The van der Waals surface area contributed by atoms with E-state index in [4.69, 9.17) is 14.2 Å². The van der Waals surface area contributed by atoms with E-state index in [9.17, 15) is 0 Å². The van der Waals surface area contributed by atoms with Crippen LogP contribution in [0.2, 0.25) is 0 Å². The Hall–Kier alpha value is -1.24. The van der Waals surface area contributed by atoms with Crippen LogP contribution < -0.4 is 10.1 Å². The van der Waals surface area contributed by atoms with Crippen LogP contribution in [0.1, 0.15) is 25.0 Å². The first-order valence-electron chi connectivity index (χ1n) is 7.12. The summed E-state index contributed by atoms with van der Waals surface area (Å²) in [4.78, 5) is 8.53. The summed E-state index contributed by atoms with van der Waals surface area (Å²) in [6.07, 6.45) is 6.84. The highest BCUT2D eigenvalue weighted by Gasteiger charge is 2.20. The van der Waals surface area contributed by atoms with Crippen molar-refractivity contribution in [2.45, 2.75) is 31.8 Å². The molecular weight excluding hydrogens is 258 g/mol. The van der Waals surface area contributed by atoms with E-state index in [1.54, 1.807) is 19.5 Å². The minimum atomic E-state index is 0.487. The van der Waals surface area contributed by atoms with E-state index < -0.39 is 0 Å². The zero-order valence-electron chi connectivity index (χ0n) is 12.0. The molecule has 1 N–H and O–H groups in total. The molecule has 1 aromatic rings. The number of methoxy groups -OCH3 is 1. The Kier molecular flexibility index (Phi) is 6.70. The Morgan fingerprint density at radius 2 is 2.10 bits per heavy atom. The Morgan fingerprint density at radius 3 is 2.90 bits per heavy atom. The molecule has 20 heavy (non-hydrogen) atoms.